The lowest BCUT2D eigenvalue weighted by atomic mass is 10.1. The van der Waals surface area contributed by atoms with Crippen molar-refractivity contribution in [1.29, 1.82) is 0 Å². The summed E-state index contributed by atoms with van der Waals surface area (Å²) in [5.41, 5.74) is 1.12. The van der Waals surface area contributed by atoms with E-state index in [-0.39, 0.29) is 17.1 Å². The molecule has 0 spiro atoms. The summed E-state index contributed by atoms with van der Waals surface area (Å²) >= 11 is 0. The zero-order chi connectivity index (χ0) is 18.1. The molecular formula is C18H16FN3O3. The Labute approximate surface area is 142 Å². The van der Waals surface area contributed by atoms with Gasteiger partial charge in [0.1, 0.15) is 11.6 Å². The van der Waals surface area contributed by atoms with Crippen LogP contribution in [0.15, 0.2) is 47.3 Å². The number of aromatic nitrogens is 2. The number of hydrogen-bond acceptors (Lipinski definition) is 3. The number of halogens is 1. The molecule has 1 atom stereocenters. The van der Waals surface area contributed by atoms with Crippen molar-refractivity contribution in [2.75, 3.05) is 0 Å². The topological polar surface area (TPSA) is 84.2 Å². The molecule has 128 valence electrons. The van der Waals surface area contributed by atoms with Crippen LogP contribution in [0.4, 0.5) is 9.18 Å². The zero-order valence-electron chi connectivity index (χ0n) is 13.7. The first-order chi connectivity index (χ1) is 11.9. The fraction of sp³-hybridized carbons (Fsp3) is 0.167. The molecule has 0 fully saturated rings. The lowest BCUT2D eigenvalue weighted by Gasteiger charge is -2.19. The van der Waals surface area contributed by atoms with Crippen molar-refractivity contribution in [2.45, 2.75) is 19.9 Å². The van der Waals surface area contributed by atoms with Gasteiger partial charge in [-0.25, -0.2) is 14.2 Å². The molecule has 1 unspecified atom stereocenters. The van der Waals surface area contributed by atoms with Gasteiger partial charge >= 0.3 is 6.09 Å². The van der Waals surface area contributed by atoms with E-state index in [1.165, 1.54) is 22.8 Å². The van der Waals surface area contributed by atoms with Crippen molar-refractivity contribution in [2.24, 2.45) is 0 Å². The fourth-order valence-electron chi connectivity index (χ4n) is 2.82. The molecule has 1 aromatic heterocycles. The maximum atomic E-state index is 13.7. The van der Waals surface area contributed by atoms with E-state index >= 15 is 0 Å². The summed E-state index contributed by atoms with van der Waals surface area (Å²) in [5, 5.41) is 11.7. The van der Waals surface area contributed by atoms with Crippen LogP contribution < -0.4 is 10.9 Å². The molecule has 7 heteroatoms. The Morgan fingerprint density at radius 3 is 2.68 bits per heavy atom. The van der Waals surface area contributed by atoms with Gasteiger partial charge in [-0.1, -0.05) is 18.2 Å². The van der Waals surface area contributed by atoms with Gasteiger partial charge in [-0.15, -0.1) is 0 Å². The van der Waals surface area contributed by atoms with Crippen molar-refractivity contribution in [3.8, 4) is 5.69 Å². The quantitative estimate of drug-likeness (QED) is 0.766. The van der Waals surface area contributed by atoms with E-state index in [0.717, 1.165) is 5.56 Å². The highest BCUT2D eigenvalue weighted by Gasteiger charge is 2.20. The van der Waals surface area contributed by atoms with Crippen LogP contribution in [0.25, 0.3) is 16.6 Å². The molecule has 3 rings (SSSR count). The molecule has 0 aliphatic rings. The lowest BCUT2D eigenvalue weighted by Crippen LogP contribution is -2.32. The molecule has 0 aliphatic heterocycles. The Morgan fingerprint density at radius 2 is 2.00 bits per heavy atom. The number of hydrogen-bond donors (Lipinski definition) is 2. The number of aryl methyl sites for hydroxylation is 1. The van der Waals surface area contributed by atoms with Crippen LogP contribution in [0.5, 0.6) is 0 Å². The summed E-state index contributed by atoms with van der Waals surface area (Å²) in [6.45, 7) is 3.37. The van der Waals surface area contributed by atoms with Crippen molar-refractivity contribution >= 4 is 17.0 Å². The predicted octanol–water partition coefficient (Wildman–Crippen LogP) is 3.16. The normalized spacial score (nSPS) is 12.1. The molecule has 3 aromatic rings. The summed E-state index contributed by atoms with van der Waals surface area (Å²) < 4.78 is 14.9. The van der Waals surface area contributed by atoms with E-state index in [9.17, 15) is 14.0 Å². The van der Waals surface area contributed by atoms with Gasteiger partial charge in [0.15, 0.2) is 0 Å². The number of benzene rings is 2. The van der Waals surface area contributed by atoms with Crippen molar-refractivity contribution in [3.63, 3.8) is 0 Å². The summed E-state index contributed by atoms with van der Waals surface area (Å²) in [7, 11) is 0. The molecule has 1 heterocycles. The van der Waals surface area contributed by atoms with E-state index in [1.54, 1.807) is 38.1 Å². The average Bonchev–Trinajstić information content (AvgIpc) is 2.53. The minimum atomic E-state index is -1.24. The van der Waals surface area contributed by atoms with E-state index < -0.39 is 18.0 Å². The summed E-state index contributed by atoms with van der Waals surface area (Å²) in [6.07, 6.45) is -1.24. The molecule has 0 aliphatic carbocycles. The number of carbonyl (C=O) groups is 1. The van der Waals surface area contributed by atoms with E-state index in [1.807, 2.05) is 0 Å². The van der Waals surface area contributed by atoms with Gasteiger partial charge in [0, 0.05) is 0 Å². The lowest BCUT2D eigenvalue weighted by molar-refractivity contribution is 0.190. The molecule has 0 saturated heterocycles. The van der Waals surface area contributed by atoms with Crippen LogP contribution >= 0.6 is 0 Å². The van der Waals surface area contributed by atoms with E-state index in [2.05, 4.69) is 10.3 Å². The standard InChI is InChI=1S/C18H16FN3O3/c1-10-5-3-8-14-15(10)17(23)22(13-7-4-6-12(19)9-13)16(21-14)11(2)20-18(24)25/h3-9,11,20H,1-2H3,(H,24,25). The first-order valence-electron chi connectivity index (χ1n) is 7.66. The third-order valence-corrected chi connectivity index (χ3v) is 3.93. The summed E-state index contributed by atoms with van der Waals surface area (Å²) in [4.78, 5) is 28.6. The fourth-order valence-corrected chi connectivity index (χ4v) is 2.82. The van der Waals surface area contributed by atoms with Gasteiger partial charge in [0.2, 0.25) is 0 Å². The van der Waals surface area contributed by atoms with E-state index in [4.69, 9.17) is 5.11 Å². The number of carboxylic acid groups (broad SMARTS) is 1. The van der Waals surface area contributed by atoms with Crippen LogP contribution in [0.1, 0.15) is 24.4 Å². The van der Waals surface area contributed by atoms with Crippen molar-refractivity contribution in [1.82, 2.24) is 14.9 Å². The van der Waals surface area contributed by atoms with Gasteiger partial charge in [0.05, 0.1) is 22.6 Å². The number of nitrogens with one attached hydrogen (secondary N) is 1. The van der Waals surface area contributed by atoms with Crippen LogP contribution in [-0.2, 0) is 0 Å². The van der Waals surface area contributed by atoms with Gasteiger partial charge in [-0.3, -0.25) is 9.36 Å². The summed E-state index contributed by atoms with van der Waals surface area (Å²) in [6, 6.07) is 10.0. The maximum Gasteiger partial charge on any atom is 0.405 e. The molecule has 25 heavy (non-hydrogen) atoms. The van der Waals surface area contributed by atoms with Crippen LogP contribution in [0.2, 0.25) is 0 Å². The largest absolute Gasteiger partial charge is 0.465 e. The maximum absolute atomic E-state index is 13.7. The average molecular weight is 341 g/mol. The highest BCUT2D eigenvalue weighted by atomic mass is 19.1. The second-order valence-corrected chi connectivity index (χ2v) is 5.73. The first kappa shape index (κ1) is 16.6. The van der Waals surface area contributed by atoms with E-state index in [0.29, 0.717) is 10.9 Å². The monoisotopic (exact) mass is 341 g/mol. The third-order valence-electron chi connectivity index (χ3n) is 3.93. The SMILES string of the molecule is Cc1cccc2nc(C(C)NC(=O)O)n(-c3cccc(F)c3)c(=O)c12. The van der Waals surface area contributed by atoms with Crippen molar-refractivity contribution < 1.29 is 14.3 Å². The minimum absolute atomic E-state index is 0.191. The van der Waals surface area contributed by atoms with Gasteiger partial charge in [0.25, 0.3) is 5.56 Å². The Bertz CT molecular complexity index is 1030. The molecule has 2 aromatic carbocycles. The number of amides is 1. The van der Waals surface area contributed by atoms with Gasteiger partial charge in [-0.05, 0) is 43.7 Å². The van der Waals surface area contributed by atoms with Crippen LogP contribution in [-0.4, -0.2) is 20.8 Å². The summed E-state index contributed by atoms with van der Waals surface area (Å²) in [5.74, 6) is -0.310. The Morgan fingerprint density at radius 1 is 1.28 bits per heavy atom. The molecule has 0 saturated carbocycles. The van der Waals surface area contributed by atoms with Crippen LogP contribution in [0.3, 0.4) is 0 Å². The minimum Gasteiger partial charge on any atom is -0.465 e. The molecule has 6 nitrogen and oxygen atoms in total. The second kappa shape index (κ2) is 6.35. The van der Waals surface area contributed by atoms with Crippen molar-refractivity contribution in [3.05, 3.63) is 70.0 Å². The molecular weight excluding hydrogens is 325 g/mol. The molecule has 2 N–H and O–H groups in total. The Balaban J connectivity index is 2.38. The van der Waals surface area contributed by atoms with Gasteiger partial charge < -0.3 is 10.4 Å². The third kappa shape index (κ3) is 3.08. The predicted molar refractivity (Wildman–Crippen MR) is 91.6 cm³/mol. The number of nitrogens with zero attached hydrogens (tertiary/aromatic N) is 2. The molecule has 0 radical (unpaired) electrons. The molecule has 1 amide bonds. The molecule has 0 bridgehead atoms. The first-order valence-corrected chi connectivity index (χ1v) is 7.66. The van der Waals surface area contributed by atoms with Gasteiger partial charge in [-0.2, -0.15) is 0 Å². The highest BCUT2D eigenvalue weighted by molar-refractivity contribution is 5.81. The smallest absolute Gasteiger partial charge is 0.405 e. The Kier molecular flexibility index (Phi) is 4.22. The highest BCUT2D eigenvalue weighted by Crippen LogP contribution is 2.20. The second-order valence-electron chi connectivity index (χ2n) is 5.73. The Hall–Kier alpha value is -3.22. The zero-order valence-corrected chi connectivity index (χ0v) is 13.7. The number of fused-ring (bicyclic) bond motifs is 1. The van der Waals surface area contributed by atoms with Crippen LogP contribution in [0, 0.1) is 12.7 Å². The number of rotatable bonds is 3.